The molecule has 17 heavy (non-hydrogen) atoms. The Hall–Kier alpha value is -0.390. The average molecular weight is 295 g/mol. The molecule has 96 valence electrons. The molecule has 0 amide bonds. The molecule has 3 nitrogen and oxygen atoms in total. The molecular weight excluding hydrogens is 280 g/mol. The van der Waals surface area contributed by atoms with Gasteiger partial charge in [-0.15, -0.1) is 0 Å². The number of rotatable bonds is 6. The monoisotopic (exact) mass is 294 g/mol. The molecule has 0 aliphatic heterocycles. The van der Waals surface area contributed by atoms with Gasteiger partial charge in [-0.2, -0.15) is 11.8 Å². The highest BCUT2D eigenvalue weighted by atomic mass is 35.7. The van der Waals surface area contributed by atoms with E-state index in [0.29, 0.717) is 12.4 Å². The molecule has 0 N–H and O–H groups in total. The fourth-order valence-corrected chi connectivity index (χ4v) is 2.77. The van der Waals surface area contributed by atoms with Gasteiger partial charge in [0.2, 0.25) is 0 Å². The molecule has 0 atom stereocenters. The van der Waals surface area contributed by atoms with E-state index < -0.39 is 9.05 Å². The molecule has 0 heterocycles. The van der Waals surface area contributed by atoms with Crippen molar-refractivity contribution in [3.8, 4) is 5.75 Å². The fourth-order valence-electron chi connectivity index (χ4n) is 1.31. The number of hydrogen-bond acceptors (Lipinski definition) is 4. The fraction of sp³-hybridized carbons (Fsp3) is 0.455. The number of halogens is 1. The number of ether oxygens (including phenoxy) is 1. The van der Waals surface area contributed by atoms with E-state index in [0.717, 1.165) is 17.7 Å². The van der Waals surface area contributed by atoms with E-state index in [4.69, 9.17) is 15.4 Å². The highest BCUT2D eigenvalue weighted by Crippen LogP contribution is 2.28. The Balaban J connectivity index is 2.84. The Bertz CT molecular complexity index is 472. The minimum absolute atomic E-state index is 0.0447. The summed E-state index contributed by atoms with van der Waals surface area (Å²) in [5.41, 5.74) is 0.834. The first kappa shape index (κ1) is 14.7. The summed E-state index contributed by atoms with van der Waals surface area (Å²) in [7, 11) is 1.61. The summed E-state index contributed by atoms with van der Waals surface area (Å²) in [6.07, 6.45) is 2.89. The van der Waals surface area contributed by atoms with Gasteiger partial charge in [-0.1, -0.05) is 6.07 Å². The van der Waals surface area contributed by atoms with Crippen molar-refractivity contribution in [2.45, 2.75) is 18.2 Å². The lowest BCUT2D eigenvalue weighted by Crippen LogP contribution is -2.03. The van der Waals surface area contributed by atoms with E-state index in [1.54, 1.807) is 23.9 Å². The van der Waals surface area contributed by atoms with Gasteiger partial charge >= 0.3 is 0 Å². The standard InChI is InChI=1S/C11H15ClO3S2/c1-9-4-5-10(15-6-3-7-16-2)11(8-9)17(12,13)14/h4-5,8H,3,6-7H2,1-2H3. The molecule has 0 saturated heterocycles. The summed E-state index contributed by atoms with van der Waals surface area (Å²) in [6, 6.07) is 4.96. The van der Waals surface area contributed by atoms with Gasteiger partial charge in [-0.3, -0.25) is 0 Å². The van der Waals surface area contributed by atoms with Crippen LogP contribution in [0.3, 0.4) is 0 Å². The predicted octanol–water partition coefficient (Wildman–Crippen LogP) is 3.05. The molecule has 1 aromatic carbocycles. The number of aryl methyl sites for hydroxylation is 1. The van der Waals surface area contributed by atoms with Crippen molar-refractivity contribution in [3.63, 3.8) is 0 Å². The molecule has 1 aromatic rings. The van der Waals surface area contributed by atoms with Crippen molar-refractivity contribution in [2.24, 2.45) is 0 Å². The van der Waals surface area contributed by atoms with E-state index in [-0.39, 0.29) is 4.90 Å². The molecule has 0 radical (unpaired) electrons. The van der Waals surface area contributed by atoms with Crippen molar-refractivity contribution in [1.29, 1.82) is 0 Å². The smallest absolute Gasteiger partial charge is 0.264 e. The lowest BCUT2D eigenvalue weighted by molar-refractivity contribution is 0.310. The molecule has 0 saturated carbocycles. The zero-order valence-corrected chi connectivity index (χ0v) is 12.2. The first-order valence-electron chi connectivity index (χ1n) is 5.12. The van der Waals surface area contributed by atoms with Crippen molar-refractivity contribution >= 4 is 31.5 Å². The Labute approximate surface area is 111 Å². The van der Waals surface area contributed by atoms with E-state index in [9.17, 15) is 8.42 Å². The minimum atomic E-state index is -3.76. The molecule has 0 aliphatic rings. The quantitative estimate of drug-likeness (QED) is 0.597. The maximum atomic E-state index is 11.4. The maximum Gasteiger partial charge on any atom is 0.264 e. The average Bonchev–Trinajstić information content (AvgIpc) is 2.25. The third-order valence-corrected chi connectivity index (χ3v) is 4.15. The van der Waals surface area contributed by atoms with E-state index in [1.807, 2.05) is 13.2 Å². The van der Waals surface area contributed by atoms with Gasteiger partial charge in [-0.05, 0) is 43.0 Å². The Morgan fingerprint density at radius 3 is 2.71 bits per heavy atom. The van der Waals surface area contributed by atoms with Crippen molar-refractivity contribution < 1.29 is 13.2 Å². The second-order valence-electron chi connectivity index (χ2n) is 3.58. The van der Waals surface area contributed by atoms with Crippen LogP contribution in [0.15, 0.2) is 23.1 Å². The highest BCUT2D eigenvalue weighted by Gasteiger charge is 2.16. The van der Waals surface area contributed by atoms with Crippen LogP contribution in [0.5, 0.6) is 5.75 Å². The molecule has 0 fully saturated rings. The third kappa shape index (κ3) is 4.77. The zero-order valence-electron chi connectivity index (χ0n) is 9.77. The molecule has 1 rings (SSSR count). The Kier molecular flexibility index (Phi) is 5.62. The molecule has 6 heteroatoms. The van der Waals surface area contributed by atoms with Crippen LogP contribution < -0.4 is 4.74 Å². The summed E-state index contributed by atoms with van der Waals surface area (Å²) in [5.74, 6) is 1.31. The normalized spacial score (nSPS) is 11.5. The molecule has 0 aromatic heterocycles. The van der Waals surface area contributed by atoms with Gasteiger partial charge in [0, 0.05) is 10.7 Å². The van der Waals surface area contributed by atoms with Crippen LogP contribution in [-0.4, -0.2) is 27.0 Å². The van der Waals surface area contributed by atoms with Crippen LogP contribution in [0, 0.1) is 6.92 Å². The van der Waals surface area contributed by atoms with Crippen LogP contribution >= 0.6 is 22.4 Å². The van der Waals surface area contributed by atoms with Crippen LogP contribution in [-0.2, 0) is 9.05 Å². The maximum absolute atomic E-state index is 11.4. The van der Waals surface area contributed by atoms with Crippen molar-refractivity contribution in [2.75, 3.05) is 18.6 Å². The van der Waals surface area contributed by atoms with Gasteiger partial charge < -0.3 is 4.74 Å². The molecule has 0 unspecified atom stereocenters. The summed E-state index contributed by atoms with van der Waals surface area (Å²) in [4.78, 5) is 0.0447. The van der Waals surface area contributed by atoms with Gasteiger partial charge in [0.05, 0.1) is 6.61 Å². The number of hydrogen-bond donors (Lipinski definition) is 0. The largest absolute Gasteiger partial charge is 0.492 e. The van der Waals surface area contributed by atoms with Crippen LogP contribution in [0.2, 0.25) is 0 Å². The summed E-state index contributed by atoms with van der Waals surface area (Å²) in [5, 5.41) is 0. The van der Waals surface area contributed by atoms with Crippen LogP contribution in [0.25, 0.3) is 0 Å². The zero-order chi connectivity index (χ0) is 12.9. The van der Waals surface area contributed by atoms with E-state index in [2.05, 4.69) is 0 Å². The van der Waals surface area contributed by atoms with E-state index in [1.165, 1.54) is 6.07 Å². The molecule has 0 spiro atoms. The predicted molar refractivity (Wildman–Crippen MR) is 72.7 cm³/mol. The second-order valence-corrected chi connectivity index (χ2v) is 7.10. The second kappa shape index (κ2) is 6.52. The lowest BCUT2D eigenvalue weighted by Gasteiger charge is -2.09. The number of thioether (sulfide) groups is 1. The lowest BCUT2D eigenvalue weighted by atomic mass is 10.2. The topological polar surface area (TPSA) is 43.4 Å². The van der Waals surface area contributed by atoms with Gasteiger partial charge in [0.1, 0.15) is 10.6 Å². The SMILES string of the molecule is CSCCCOc1ccc(C)cc1S(=O)(=O)Cl. The van der Waals surface area contributed by atoms with Crippen LogP contribution in [0.1, 0.15) is 12.0 Å². The minimum Gasteiger partial charge on any atom is -0.492 e. The highest BCUT2D eigenvalue weighted by molar-refractivity contribution is 8.13. The van der Waals surface area contributed by atoms with Gasteiger partial charge in [0.25, 0.3) is 9.05 Å². The summed E-state index contributed by atoms with van der Waals surface area (Å²) >= 11 is 1.72. The molecule has 0 bridgehead atoms. The third-order valence-electron chi connectivity index (χ3n) is 2.11. The van der Waals surface area contributed by atoms with Crippen molar-refractivity contribution in [3.05, 3.63) is 23.8 Å². The first-order valence-corrected chi connectivity index (χ1v) is 8.82. The van der Waals surface area contributed by atoms with Gasteiger partial charge in [0.15, 0.2) is 0 Å². The van der Waals surface area contributed by atoms with Crippen molar-refractivity contribution in [1.82, 2.24) is 0 Å². The molecular formula is C11H15ClO3S2. The van der Waals surface area contributed by atoms with E-state index >= 15 is 0 Å². The summed E-state index contributed by atoms with van der Waals surface area (Å²) in [6.45, 7) is 2.30. The van der Waals surface area contributed by atoms with Gasteiger partial charge in [-0.25, -0.2) is 8.42 Å². The molecule has 0 aliphatic carbocycles. The Morgan fingerprint density at radius 2 is 2.12 bits per heavy atom. The Morgan fingerprint density at radius 1 is 1.41 bits per heavy atom. The number of benzene rings is 1. The van der Waals surface area contributed by atoms with Crippen LogP contribution in [0.4, 0.5) is 0 Å². The summed E-state index contributed by atoms with van der Waals surface area (Å²) < 4.78 is 28.2. The first-order chi connectivity index (χ1) is 7.95.